The number of rotatable bonds is 8. The summed E-state index contributed by atoms with van der Waals surface area (Å²) in [5.74, 6) is 0.635. The van der Waals surface area contributed by atoms with Gasteiger partial charge in [0.1, 0.15) is 17.2 Å². The Morgan fingerprint density at radius 1 is 0.675 bits per heavy atom. The van der Waals surface area contributed by atoms with Crippen LogP contribution in [0.3, 0.4) is 0 Å². The fourth-order valence-electron chi connectivity index (χ4n) is 4.64. The molecule has 40 heavy (non-hydrogen) atoms. The van der Waals surface area contributed by atoms with E-state index < -0.39 is 28.9 Å². The van der Waals surface area contributed by atoms with Crippen LogP contribution in [0.15, 0.2) is 104 Å². The molecule has 4 aromatic rings. The number of alkyl halides is 6. The second-order valence-corrected chi connectivity index (χ2v) is 9.28. The molecule has 0 unspecified atom stereocenters. The van der Waals surface area contributed by atoms with Gasteiger partial charge in [-0.3, -0.25) is 0 Å². The van der Waals surface area contributed by atoms with Gasteiger partial charge in [0.2, 0.25) is 5.41 Å². The summed E-state index contributed by atoms with van der Waals surface area (Å²) in [6.07, 6.45) is -9.26. The highest BCUT2D eigenvalue weighted by Gasteiger charge is 2.72. The first-order valence-electron chi connectivity index (χ1n) is 12.3. The Hall–Kier alpha value is -4.20. The van der Waals surface area contributed by atoms with E-state index in [-0.39, 0.29) is 11.5 Å². The highest BCUT2D eigenvalue weighted by molar-refractivity contribution is 5.66. The topological polar surface area (TPSA) is 18.5 Å². The molecule has 0 spiro atoms. The molecule has 0 radical (unpaired) electrons. The molecule has 8 heteroatoms. The van der Waals surface area contributed by atoms with Crippen molar-refractivity contribution in [2.75, 3.05) is 7.11 Å². The molecule has 0 fully saturated rings. The lowest BCUT2D eigenvalue weighted by molar-refractivity contribution is -0.288. The molecule has 0 aliphatic heterocycles. The predicted octanol–water partition coefficient (Wildman–Crippen LogP) is 9.60. The zero-order chi connectivity index (χ0) is 29.1. The molecule has 0 heterocycles. The van der Waals surface area contributed by atoms with E-state index in [0.717, 1.165) is 70.8 Å². The molecule has 4 rings (SSSR count). The maximum atomic E-state index is 14.4. The van der Waals surface area contributed by atoms with Crippen LogP contribution in [0.2, 0.25) is 0 Å². The number of methoxy groups -OCH3 is 1. The first kappa shape index (κ1) is 28.8. The van der Waals surface area contributed by atoms with Gasteiger partial charge in [-0.1, -0.05) is 66.2 Å². The third-order valence-corrected chi connectivity index (χ3v) is 6.70. The molecule has 4 aromatic carbocycles. The Morgan fingerprint density at radius 2 is 1.18 bits per heavy atom. The van der Waals surface area contributed by atoms with Crippen LogP contribution in [0.5, 0.6) is 17.2 Å². The summed E-state index contributed by atoms with van der Waals surface area (Å²) in [6.45, 7) is 5.75. The smallest absolute Gasteiger partial charge is 0.411 e. The molecule has 208 valence electrons. The standard InChI is InChI=1S/C32H26F6O2/c1-4-5-24-20-23(22-8-6-21(2)7-9-22)10-19-29(24)40-28-17-13-26(14-18-28)30(31(33,34)35,32(36,37)38)25-11-15-27(39-3)16-12-25/h4,6-20H,1,5H2,2-3H3. The number of halogens is 6. The lowest BCUT2D eigenvalue weighted by Gasteiger charge is -2.38. The first-order valence-corrected chi connectivity index (χ1v) is 12.3. The normalized spacial score (nSPS) is 12.2. The average Bonchev–Trinajstić information content (AvgIpc) is 2.90. The van der Waals surface area contributed by atoms with E-state index in [1.165, 1.54) is 7.11 Å². The van der Waals surface area contributed by atoms with Crippen molar-refractivity contribution in [3.05, 3.63) is 126 Å². The summed E-state index contributed by atoms with van der Waals surface area (Å²) < 4.78 is 97.3. The van der Waals surface area contributed by atoms with Crippen molar-refractivity contribution in [3.8, 4) is 28.4 Å². The Morgan fingerprint density at radius 3 is 1.65 bits per heavy atom. The lowest BCUT2D eigenvalue weighted by atomic mass is 9.73. The summed E-state index contributed by atoms with van der Waals surface area (Å²) in [5, 5.41) is 0. The maximum absolute atomic E-state index is 14.4. The fraction of sp³-hybridized carbons (Fsp3) is 0.188. The van der Waals surface area contributed by atoms with Gasteiger partial charge in [-0.25, -0.2) is 0 Å². The SMILES string of the molecule is C=CCc1cc(-c2ccc(C)cc2)ccc1Oc1ccc(C(c2ccc(OC)cc2)(C(F)(F)F)C(F)(F)F)cc1. The number of hydrogen-bond acceptors (Lipinski definition) is 2. The summed E-state index contributed by atoms with van der Waals surface area (Å²) >= 11 is 0. The predicted molar refractivity (Wildman–Crippen MR) is 143 cm³/mol. The van der Waals surface area contributed by atoms with Crippen LogP contribution >= 0.6 is 0 Å². The summed E-state index contributed by atoms with van der Waals surface area (Å²) in [4.78, 5) is 0. The van der Waals surface area contributed by atoms with E-state index in [9.17, 15) is 26.3 Å². The highest BCUT2D eigenvalue weighted by atomic mass is 19.4. The Bertz CT molecular complexity index is 1440. The zero-order valence-corrected chi connectivity index (χ0v) is 21.7. The van der Waals surface area contributed by atoms with Crippen molar-refractivity contribution in [2.24, 2.45) is 0 Å². The van der Waals surface area contributed by atoms with Crippen molar-refractivity contribution in [1.29, 1.82) is 0 Å². The Labute approximate surface area is 228 Å². The van der Waals surface area contributed by atoms with Crippen molar-refractivity contribution in [2.45, 2.75) is 31.1 Å². The molecule has 0 aliphatic rings. The van der Waals surface area contributed by atoms with Crippen LogP contribution in [-0.2, 0) is 11.8 Å². The van der Waals surface area contributed by atoms with Gasteiger partial charge in [0.05, 0.1) is 7.11 Å². The minimum Gasteiger partial charge on any atom is -0.497 e. The van der Waals surface area contributed by atoms with Gasteiger partial charge in [0.25, 0.3) is 0 Å². The van der Waals surface area contributed by atoms with Crippen LogP contribution < -0.4 is 9.47 Å². The van der Waals surface area contributed by atoms with Gasteiger partial charge in [0, 0.05) is 0 Å². The Balaban J connectivity index is 1.72. The molecule has 0 aliphatic carbocycles. The molecule has 0 aromatic heterocycles. The van der Waals surface area contributed by atoms with E-state index in [2.05, 4.69) is 6.58 Å². The third kappa shape index (κ3) is 5.43. The molecule has 0 N–H and O–H groups in total. The Kier molecular flexibility index (Phi) is 8.00. The monoisotopic (exact) mass is 556 g/mol. The number of benzene rings is 4. The van der Waals surface area contributed by atoms with E-state index in [0.29, 0.717) is 12.2 Å². The van der Waals surface area contributed by atoms with Crippen LogP contribution in [0.1, 0.15) is 22.3 Å². The van der Waals surface area contributed by atoms with E-state index in [1.54, 1.807) is 12.1 Å². The van der Waals surface area contributed by atoms with Gasteiger partial charge >= 0.3 is 12.4 Å². The van der Waals surface area contributed by atoms with Gasteiger partial charge < -0.3 is 9.47 Å². The minimum absolute atomic E-state index is 0.0881. The fourth-order valence-corrected chi connectivity index (χ4v) is 4.64. The van der Waals surface area contributed by atoms with Crippen molar-refractivity contribution < 1.29 is 35.8 Å². The number of hydrogen-bond donors (Lipinski definition) is 0. The molecular weight excluding hydrogens is 530 g/mol. The van der Waals surface area contributed by atoms with Crippen LogP contribution in [0, 0.1) is 6.92 Å². The second-order valence-electron chi connectivity index (χ2n) is 9.28. The minimum atomic E-state index is -5.69. The zero-order valence-electron chi connectivity index (χ0n) is 21.7. The van der Waals surface area contributed by atoms with Crippen LogP contribution in [-0.4, -0.2) is 19.5 Å². The highest BCUT2D eigenvalue weighted by Crippen LogP contribution is 2.56. The quantitative estimate of drug-likeness (QED) is 0.159. The number of ether oxygens (including phenoxy) is 2. The molecule has 2 nitrogen and oxygen atoms in total. The van der Waals surface area contributed by atoms with Crippen LogP contribution in [0.4, 0.5) is 26.3 Å². The summed E-state index contributed by atoms with van der Waals surface area (Å²) in [6, 6.07) is 20.9. The maximum Gasteiger partial charge on any atom is 0.411 e. The van der Waals surface area contributed by atoms with E-state index >= 15 is 0 Å². The average molecular weight is 557 g/mol. The van der Waals surface area contributed by atoms with Gasteiger partial charge in [-0.15, -0.1) is 6.58 Å². The largest absolute Gasteiger partial charge is 0.497 e. The third-order valence-electron chi connectivity index (χ3n) is 6.70. The molecule has 0 saturated carbocycles. The molecule has 0 atom stereocenters. The van der Waals surface area contributed by atoms with Crippen molar-refractivity contribution >= 4 is 0 Å². The number of aryl methyl sites for hydroxylation is 1. The summed E-state index contributed by atoms with van der Waals surface area (Å²) in [5.41, 5.74) is -2.41. The number of allylic oxidation sites excluding steroid dienone is 1. The molecule has 0 saturated heterocycles. The van der Waals surface area contributed by atoms with E-state index in [1.807, 2.05) is 43.3 Å². The summed E-state index contributed by atoms with van der Waals surface area (Å²) in [7, 11) is 1.27. The van der Waals surface area contributed by atoms with Gasteiger partial charge in [0.15, 0.2) is 0 Å². The van der Waals surface area contributed by atoms with Gasteiger partial charge in [-0.05, 0) is 77.6 Å². The second kappa shape index (κ2) is 11.1. The molecular formula is C32H26F6O2. The first-order chi connectivity index (χ1) is 18.9. The van der Waals surface area contributed by atoms with Gasteiger partial charge in [-0.2, -0.15) is 26.3 Å². The van der Waals surface area contributed by atoms with Crippen LogP contribution in [0.25, 0.3) is 11.1 Å². The van der Waals surface area contributed by atoms with Crippen molar-refractivity contribution in [3.63, 3.8) is 0 Å². The lowest BCUT2D eigenvalue weighted by Crippen LogP contribution is -2.54. The molecule has 0 amide bonds. The van der Waals surface area contributed by atoms with E-state index in [4.69, 9.17) is 9.47 Å². The molecule has 0 bridgehead atoms. The van der Waals surface area contributed by atoms with Crippen molar-refractivity contribution in [1.82, 2.24) is 0 Å².